The molecule has 1 N–H and O–H groups in total. The third-order valence-electron chi connectivity index (χ3n) is 3.24. The molecule has 96 valence electrons. The number of aromatic nitrogens is 2. The van der Waals surface area contributed by atoms with E-state index in [-0.39, 0.29) is 6.10 Å². The number of nitrogens with one attached hydrogen (secondary N) is 1. The molecule has 1 aromatic rings. The van der Waals surface area contributed by atoms with E-state index >= 15 is 0 Å². The quantitative estimate of drug-likeness (QED) is 0.836. The van der Waals surface area contributed by atoms with Gasteiger partial charge in [0.25, 0.3) is 0 Å². The van der Waals surface area contributed by atoms with Crippen LogP contribution >= 0.6 is 0 Å². The highest BCUT2D eigenvalue weighted by molar-refractivity contribution is 4.90. The van der Waals surface area contributed by atoms with Crippen molar-refractivity contribution in [1.82, 2.24) is 15.5 Å². The van der Waals surface area contributed by atoms with E-state index < -0.39 is 0 Å². The summed E-state index contributed by atoms with van der Waals surface area (Å²) >= 11 is 0. The van der Waals surface area contributed by atoms with Gasteiger partial charge in [0.1, 0.15) is 0 Å². The molecule has 1 saturated heterocycles. The number of piperidine rings is 1. The van der Waals surface area contributed by atoms with Crippen LogP contribution in [0, 0.1) is 5.92 Å². The molecule has 0 aromatic carbocycles. The molecule has 1 aliphatic rings. The fraction of sp³-hybridized carbons (Fsp3) is 0.833. The van der Waals surface area contributed by atoms with Crippen molar-refractivity contribution in [3.63, 3.8) is 0 Å². The lowest BCUT2D eigenvalue weighted by Gasteiger charge is -2.20. The minimum atomic E-state index is 0.136. The third kappa shape index (κ3) is 3.78. The summed E-state index contributed by atoms with van der Waals surface area (Å²) in [6.45, 7) is 4.20. The summed E-state index contributed by atoms with van der Waals surface area (Å²) in [5.74, 6) is 2.15. The maximum absolute atomic E-state index is 5.27. The molecule has 2 rings (SSSR count). The monoisotopic (exact) mass is 239 g/mol. The Morgan fingerprint density at radius 3 is 3.18 bits per heavy atom. The highest BCUT2D eigenvalue weighted by Crippen LogP contribution is 2.15. The van der Waals surface area contributed by atoms with Gasteiger partial charge in [0, 0.05) is 20.0 Å². The summed E-state index contributed by atoms with van der Waals surface area (Å²) in [6.07, 6.45) is 4.23. The molecule has 0 amide bonds. The van der Waals surface area contributed by atoms with Crippen LogP contribution in [0.5, 0.6) is 0 Å². The lowest BCUT2D eigenvalue weighted by molar-refractivity contribution is 0.116. The Kier molecular flexibility index (Phi) is 4.50. The molecule has 2 atom stereocenters. The van der Waals surface area contributed by atoms with E-state index in [0.29, 0.717) is 12.3 Å². The van der Waals surface area contributed by atoms with Crippen LogP contribution in [0.4, 0.5) is 0 Å². The van der Waals surface area contributed by atoms with E-state index in [0.717, 1.165) is 31.2 Å². The van der Waals surface area contributed by atoms with Crippen molar-refractivity contribution in [3.05, 3.63) is 11.7 Å². The van der Waals surface area contributed by atoms with Gasteiger partial charge in [0.05, 0.1) is 6.10 Å². The number of ether oxygens (including phenoxy) is 1. The van der Waals surface area contributed by atoms with Gasteiger partial charge in [-0.3, -0.25) is 0 Å². The van der Waals surface area contributed by atoms with E-state index in [2.05, 4.69) is 15.5 Å². The highest BCUT2D eigenvalue weighted by atomic mass is 16.5. The third-order valence-corrected chi connectivity index (χ3v) is 3.24. The standard InChI is InChI=1S/C12H21N3O2/c1-9(16-2)6-11-14-12(17-15-11)7-10-4-3-5-13-8-10/h9-10,13H,3-8H2,1-2H3. The second-order valence-electron chi connectivity index (χ2n) is 4.77. The van der Waals surface area contributed by atoms with E-state index in [4.69, 9.17) is 9.26 Å². The van der Waals surface area contributed by atoms with Gasteiger partial charge in [-0.2, -0.15) is 4.98 Å². The average Bonchev–Trinajstić information content (AvgIpc) is 2.77. The van der Waals surface area contributed by atoms with Crippen LogP contribution in [0.1, 0.15) is 31.5 Å². The van der Waals surface area contributed by atoms with Crippen molar-refractivity contribution in [3.8, 4) is 0 Å². The van der Waals surface area contributed by atoms with Crippen LogP contribution in [0.15, 0.2) is 4.52 Å². The number of nitrogens with zero attached hydrogens (tertiary/aromatic N) is 2. The Morgan fingerprint density at radius 2 is 2.47 bits per heavy atom. The Morgan fingerprint density at radius 1 is 1.59 bits per heavy atom. The fourth-order valence-corrected chi connectivity index (χ4v) is 2.14. The molecule has 0 bridgehead atoms. The molecule has 0 spiro atoms. The van der Waals surface area contributed by atoms with Crippen LogP contribution in [0.3, 0.4) is 0 Å². The van der Waals surface area contributed by atoms with Gasteiger partial charge in [-0.25, -0.2) is 0 Å². The predicted octanol–water partition coefficient (Wildman–Crippen LogP) is 1.19. The Bertz CT molecular complexity index is 334. The molecule has 5 heteroatoms. The van der Waals surface area contributed by atoms with Crippen LogP contribution in [0.2, 0.25) is 0 Å². The first-order valence-electron chi connectivity index (χ1n) is 6.33. The summed E-state index contributed by atoms with van der Waals surface area (Å²) in [5, 5.41) is 7.38. The highest BCUT2D eigenvalue weighted by Gasteiger charge is 2.17. The first kappa shape index (κ1) is 12.5. The summed E-state index contributed by atoms with van der Waals surface area (Å²) in [7, 11) is 1.69. The molecule has 0 saturated carbocycles. The SMILES string of the molecule is COC(C)Cc1noc(CC2CCCNC2)n1. The minimum absolute atomic E-state index is 0.136. The topological polar surface area (TPSA) is 60.2 Å². The lowest BCUT2D eigenvalue weighted by atomic mass is 9.96. The smallest absolute Gasteiger partial charge is 0.226 e. The maximum Gasteiger partial charge on any atom is 0.226 e. The molecule has 1 aliphatic heterocycles. The maximum atomic E-state index is 5.27. The molecule has 1 fully saturated rings. The summed E-state index contributed by atoms with van der Waals surface area (Å²) < 4.78 is 10.4. The number of hydrogen-bond donors (Lipinski definition) is 1. The average molecular weight is 239 g/mol. The van der Waals surface area contributed by atoms with Gasteiger partial charge in [0.2, 0.25) is 5.89 Å². The molecule has 5 nitrogen and oxygen atoms in total. The number of hydrogen-bond acceptors (Lipinski definition) is 5. The van der Waals surface area contributed by atoms with Gasteiger partial charge in [-0.05, 0) is 38.8 Å². The fourth-order valence-electron chi connectivity index (χ4n) is 2.14. The van der Waals surface area contributed by atoms with Gasteiger partial charge < -0.3 is 14.6 Å². The Hall–Kier alpha value is -0.940. The van der Waals surface area contributed by atoms with Crippen molar-refractivity contribution in [1.29, 1.82) is 0 Å². The molecule has 2 unspecified atom stereocenters. The molecule has 17 heavy (non-hydrogen) atoms. The predicted molar refractivity (Wildman–Crippen MR) is 63.8 cm³/mol. The van der Waals surface area contributed by atoms with E-state index in [1.54, 1.807) is 7.11 Å². The molecule has 2 heterocycles. The summed E-state index contributed by atoms with van der Waals surface area (Å²) in [5.41, 5.74) is 0. The zero-order chi connectivity index (χ0) is 12.1. The summed E-state index contributed by atoms with van der Waals surface area (Å²) in [6, 6.07) is 0. The van der Waals surface area contributed by atoms with Crippen molar-refractivity contribution in [2.45, 2.75) is 38.7 Å². The zero-order valence-electron chi connectivity index (χ0n) is 10.6. The number of rotatable bonds is 5. The zero-order valence-corrected chi connectivity index (χ0v) is 10.6. The molecular weight excluding hydrogens is 218 g/mol. The van der Waals surface area contributed by atoms with Gasteiger partial charge >= 0.3 is 0 Å². The number of methoxy groups -OCH3 is 1. The van der Waals surface area contributed by atoms with Crippen LogP contribution in [-0.2, 0) is 17.6 Å². The molecule has 0 radical (unpaired) electrons. The van der Waals surface area contributed by atoms with Gasteiger partial charge in [-0.15, -0.1) is 0 Å². The van der Waals surface area contributed by atoms with E-state index in [9.17, 15) is 0 Å². The minimum Gasteiger partial charge on any atom is -0.381 e. The molecule has 0 aliphatic carbocycles. The van der Waals surface area contributed by atoms with Crippen LogP contribution in [-0.4, -0.2) is 36.4 Å². The van der Waals surface area contributed by atoms with Crippen molar-refractivity contribution in [2.24, 2.45) is 5.92 Å². The van der Waals surface area contributed by atoms with Crippen LogP contribution < -0.4 is 5.32 Å². The van der Waals surface area contributed by atoms with Gasteiger partial charge in [-0.1, -0.05) is 5.16 Å². The van der Waals surface area contributed by atoms with E-state index in [1.807, 2.05) is 6.92 Å². The van der Waals surface area contributed by atoms with Crippen molar-refractivity contribution in [2.75, 3.05) is 20.2 Å². The first-order chi connectivity index (χ1) is 8.28. The second kappa shape index (κ2) is 6.12. The summed E-state index contributed by atoms with van der Waals surface area (Å²) in [4.78, 5) is 4.41. The molecule has 1 aromatic heterocycles. The Labute approximate surface area is 102 Å². The largest absolute Gasteiger partial charge is 0.381 e. The normalized spacial score (nSPS) is 22.6. The Balaban J connectivity index is 1.84. The van der Waals surface area contributed by atoms with Gasteiger partial charge in [0.15, 0.2) is 5.82 Å². The second-order valence-corrected chi connectivity index (χ2v) is 4.77. The van der Waals surface area contributed by atoms with Crippen molar-refractivity contribution < 1.29 is 9.26 Å². The van der Waals surface area contributed by atoms with Crippen molar-refractivity contribution >= 4 is 0 Å². The van der Waals surface area contributed by atoms with E-state index in [1.165, 1.54) is 12.8 Å². The molecular formula is C12H21N3O2. The lowest BCUT2D eigenvalue weighted by Crippen LogP contribution is -2.30. The first-order valence-corrected chi connectivity index (χ1v) is 6.33. The van der Waals surface area contributed by atoms with Crippen LogP contribution in [0.25, 0.3) is 0 Å².